The summed E-state index contributed by atoms with van der Waals surface area (Å²) in [5.74, 6) is 2.53. The van der Waals surface area contributed by atoms with Gasteiger partial charge in [-0.25, -0.2) is 4.39 Å². The van der Waals surface area contributed by atoms with Crippen molar-refractivity contribution in [3.63, 3.8) is 0 Å². The molecule has 13 heavy (non-hydrogen) atoms. The van der Waals surface area contributed by atoms with E-state index in [0.29, 0.717) is 37.8 Å². The molecule has 0 amide bonds. The molecule has 2 heterocycles. The number of nitrogens with one attached hydrogen (secondary N) is 1. The van der Waals surface area contributed by atoms with Gasteiger partial charge in [-0.3, -0.25) is 0 Å². The molecule has 2 saturated heterocycles. The van der Waals surface area contributed by atoms with Crippen LogP contribution in [0.25, 0.3) is 0 Å². The van der Waals surface area contributed by atoms with E-state index < -0.39 is 5.67 Å². The van der Waals surface area contributed by atoms with E-state index in [4.69, 9.17) is 6.42 Å². The first-order valence-corrected chi connectivity index (χ1v) is 5.10. The molecule has 2 rings (SSSR count). The van der Waals surface area contributed by atoms with E-state index in [9.17, 15) is 4.39 Å². The van der Waals surface area contributed by atoms with Crippen LogP contribution in [-0.2, 0) is 0 Å². The highest BCUT2D eigenvalue weighted by atomic mass is 19.1. The van der Waals surface area contributed by atoms with Crippen molar-refractivity contribution in [2.75, 3.05) is 0 Å². The summed E-state index contributed by atoms with van der Waals surface area (Å²) in [4.78, 5) is 0. The van der Waals surface area contributed by atoms with Gasteiger partial charge >= 0.3 is 0 Å². The van der Waals surface area contributed by atoms with Crippen LogP contribution in [0.15, 0.2) is 0 Å². The molecule has 2 aliphatic rings. The molecule has 0 saturated carbocycles. The summed E-state index contributed by atoms with van der Waals surface area (Å²) in [6, 6.07) is 0.836. The van der Waals surface area contributed by atoms with Crippen molar-refractivity contribution < 1.29 is 4.39 Å². The SMILES string of the molecule is C#CCCC1(F)CC2CCC(C1)N2. The zero-order chi connectivity index (χ0) is 9.31. The fourth-order valence-corrected chi connectivity index (χ4v) is 2.69. The summed E-state index contributed by atoms with van der Waals surface area (Å²) >= 11 is 0. The highest BCUT2D eigenvalue weighted by molar-refractivity contribution is 5.01. The smallest absolute Gasteiger partial charge is 0.115 e. The van der Waals surface area contributed by atoms with Crippen molar-refractivity contribution in [3.05, 3.63) is 0 Å². The van der Waals surface area contributed by atoms with Crippen LogP contribution in [0, 0.1) is 12.3 Å². The maximum absolute atomic E-state index is 14.2. The molecule has 2 fully saturated rings. The standard InChI is InChI=1S/C11H16FN/c1-2-3-6-11(12)7-9-4-5-10(8-11)13-9/h1,9-10,13H,3-8H2. The topological polar surface area (TPSA) is 12.0 Å². The Labute approximate surface area is 79.1 Å². The zero-order valence-electron chi connectivity index (χ0n) is 7.85. The third-order valence-corrected chi connectivity index (χ3v) is 3.28. The van der Waals surface area contributed by atoms with Crippen LogP contribution in [-0.4, -0.2) is 17.8 Å². The van der Waals surface area contributed by atoms with Gasteiger partial charge in [0.15, 0.2) is 0 Å². The van der Waals surface area contributed by atoms with Gasteiger partial charge in [0.25, 0.3) is 0 Å². The van der Waals surface area contributed by atoms with Crippen molar-refractivity contribution in [2.45, 2.75) is 56.3 Å². The Balaban J connectivity index is 1.96. The molecule has 2 heteroatoms. The highest BCUT2D eigenvalue weighted by Crippen LogP contribution is 2.39. The van der Waals surface area contributed by atoms with Crippen LogP contribution >= 0.6 is 0 Å². The number of hydrogen-bond acceptors (Lipinski definition) is 1. The molecule has 2 aliphatic heterocycles. The Morgan fingerprint density at radius 3 is 2.54 bits per heavy atom. The predicted octanol–water partition coefficient (Wildman–Crippen LogP) is 2.02. The second-order valence-corrected chi connectivity index (χ2v) is 4.40. The molecule has 2 atom stereocenters. The summed E-state index contributed by atoms with van der Waals surface area (Å²) in [6.45, 7) is 0. The number of halogens is 1. The van der Waals surface area contributed by atoms with Crippen molar-refractivity contribution in [1.82, 2.24) is 5.32 Å². The Morgan fingerprint density at radius 2 is 2.00 bits per heavy atom. The van der Waals surface area contributed by atoms with Gasteiger partial charge in [0.05, 0.1) is 0 Å². The second kappa shape index (κ2) is 3.31. The second-order valence-electron chi connectivity index (χ2n) is 4.40. The van der Waals surface area contributed by atoms with Crippen molar-refractivity contribution in [3.8, 4) is 12.3 Å². The van der Waals surface area contributed by atoms with Crippen molar-refractivity contribution in [1.29, 1.82) is 0 Å². The monoisotopic (exact) mass is 181 g/mol. The Bertz CT molecular complexity index is 219. The number of alkyl halides is 1. The minimum Gasteiger partial charge on any atom is -0.311 e. The van der Waals surface area contributed by atoms with Gasteiger partial charge in [-0.15, -0.1) is 12.3 Å². The molecule has 1 N–H and O–H groups in total. The maximum Gasteiger partial charge on any atom is 0.115 e. The van der Waals surface area contributed by atoms with E-state index >= 15 is 0 Å². The van der Waals surface area contributed by atoms with E-state index in [1.54, 1.807) is 0 Å². The van der Waals surface area contributed by atoms with E-state index in [2.05, 4.69) is 11.2 Å². The molecule has 0 aromatic rings. The van der Waals surface area contributed by atoms with Crippen molar-refractivity contribution >= 4 is 0 Å². The first-order chi connectivity index (χ1) is 6.22. The average Bonchev–Trinajstić information content (AvgIpc) is 2.43. The molecule has 72 valence electrons. The van der Waals surface area contributed by atoms with Crippen LogP contribution in [0.3, 0.4) is 0 Å². The van der Waals surface area contributed by atoms with Gasteiger partial charge in [-0.1, -0.05) is 0 Å². The molecule has 0 spiro atoms. The molecule has 2 unspecified atom stereocenters. The lowest BCUT2D eigenvalue weighted by Gasteiger charge is -2.34. The highest BCUT2D eigenvalue weighted by Gasteiger charge is 2.43. The lowest BCUT2D eigenvalue weighted by Crippen LogP contribution is -2.45. The fraction of sp³-hybridized carbons (Fsp3) is 0.818. The first-order valence-electron chi connectivity index (χ1n) is 5.10. The Hall–Kier alpha value is -0.550. The third kappa shape index (κ3) is 1.86. The van der Waals surface area contributed by atoms with Gasteiger partial charge in [-0.2, -0.15) is 0 Å². The fourth-order valence-electron chi connectivity index (χ4n) is 2.69. The summed E-state index contributed by atoms with van der Waals surface area (Å²) in [6.07, 6.45) is 9.92. The number of hydrogen-bond donors (Lipinski definition) is 1. The molecule has 1 nitrogen and oxygen atoms in total. The van der Waals surface area contributed by atoms with Gasteiger partial charge in [0, 0.05) is 18.5 Å². The summed E-state index contributed by atoms with van der Waals surface area (Å²) in [5.41, 5.74) is -0.969. The van der Waals surface area contributed by atoms with E-state index in [1.807, 2.05) is 0 Å². The minimum absolute atomic E-state index is 0.418. The lowest BCUT2D eigenvalue weighted by molar-refractivity contribution is 0.0811. The van der Waals surface area contributed by atoms with Crippen molar-refractivity contribution in [2.24, 2.45) is 0 Å². The van der Waals surface area contributed by atoms with Gasteiger partial charge in [-0.05, 0) is 32.1 Å². The zero-order valence-corrected chi connectivity index (χ0v) is 7.85. The predicted molar refractivity (Wildman–Crippen MR) is 51.1 cm³/mol. The third-order valence-electron chi connectivity index (χ3n) is 3.28. The molecule has 0 radical (unpaired) electrons. The van der Waals surface area contributed by atoms with Crippen LogP contribution < -0.4 is 5.32 Å². The largest absolute Gasteiger partial charge is 0.311 e. The molecular weight excluding hydrogens is 165 g/mol. The summed E-state index contributed by atoms with van der Waals surface area (Å²) in [7, 11) is 0. The summed E-state index contributed by atoms with van der Waals surface area (Å²) in [5, 5.41) is 3.43. The molecule has 0 aromatic carbocycles. The maximum atomic E-state index is 14.2. The number of rotatable bonds is 2. The number of terminal acetylenes is 1. The average molecular weight is 181 g/mol. The van der Waals surface area contributed by atoms with Crippen LogP contribution in [0.5, 0.6) is 0 Å². The summed E-state index contributed by atoms with van der Waals surface area (Å²) < 4.78 is 14.2. The Kier molecular flexibility index (Phi) is 2.29. The number of piperidine rings is 1. The Morgan fingerprint density at radius 1 is 1.38 bits per heavy atom. The normalized spacial score (nSPS) is 43.1. The quantitative estimate of drug-likeness (QED) is 0.643. The molecule has 0 aromatic heterocycles. The molecular formula is C11H16FN. The van der Waals surface area contributed by atoms with Crippen LogP contribution in [0.4, 0.5) is 4.39 Å². The molecule has 0 aliphatic carbocycles. The van der Waals surface area contributed by atoms with E-state index in [-0.39, 0.29) is 0 Å². The van der Waals surface area contributed by atoms with E-state index in [0.717, 1.165) is 12.8 Å². The van der Waals surface area contributed by atoms with Gasteiger partial charge in [0.2, 0.25) is 0 Å². The van der Waals surface area contributed by atoms with Crippen LogP contribution in [0.2, 0.25) is 0 Å². The molecule has 2 bridgehead atoms. The minimum atomic E-state index is -0.969. The number of fused-ring (bicyclic) bond motifs is 2. The van der Waals surface area contributed by atoms with E-state index in [1.165, 1.54) is 0 Å². The van der Waals surface area contributed by atoms with Crippen LogP contribution in [0.1, 0.15) is 38.5 Å². The van der Waals surface area contributed by atoms with Gasteiger partial charge in [0.1, 0.15) is 5.67 Å². The van der Waals surface area contributed by atoms with Gasteiger partial charge < -0.3 is 5.32 Å². The first kappa shape index (κ1) is 9.02. The lowest BCUT2D eigenvalue weighted by atomic mass is 9.85.